The van der Waals surface area contributed by atoms with Crippen molar-refractivity contribution in [2.75, 3.05) is 5.32 Å². The van der Waals surface area contributed by atoms with E-state index in [2.05, 4.69) is 10.3 Å². The third-order valence-electron chi connectivity index (χ3n) is 3.49. The van der Waals surface area contributed by atoms with Gasteiger partial charge in [-0.2, -0.15) is 0 Å². The zero-order chi connectivity index (χ0) is 16.2. The van der Waals surface area contributed by atoms with Gasteiger partial charge in [0, 0.05) is 17.3 Å². The Morgan fingerprint density at radius 2 is 1.87 bits per heavy atom. The van der Waals surface area contributed by atoms with Gasteiger partial charge in [-0.1, -0.05) is 24.3 Å². The van der Waals surface area contributed by atoms with E-state index in [-0.39, 0.29) is 17.9 Å². The lowest BCUT2D eigenvalue weighted by atomic mass is 10.0. The average Bonchev–Trinajstić information content (AvgIpc) is 2.55. The topological polar surface area (TPSA) is 79.3 Å². The molecule has 0 aliphatic carbocycles. The van der Waals surface area contributed by atoms with Crippen molar-refractivity contribution in [2.45, 2.75) is 6.42 Å². The summed E-state index contributed by atoms with van der Waals surface area (Å²) >= 11 is 0. The van der Waals surface area contributed by atoms with Gasteiger partial charge in [0.2, 0.25) is 5.91 Å². The highest BCUT2D eigenvalue weighted by Crippen LogP contribution is 2.17. The molecule has 0 unspecified atom stereocenters. The van der Waals surface area contributed by atoms with Gasteiger partial charge in [0.25, 0.3) is 0 Å². The Hall–Kier alpha value is -3.21. The summed E-state index contributed by atoms with van der Waals surface area (Å²) in [5, 5.41) is 12.9. The number of nitrogens with one attached hydrogen (secondary N) is 1. The molecule has 0 aliphatic rings. The Kier molecular flexibility index (Phi) is 4.01. The number of anilines is 1. The molecule has 0 spiro atoms. The molecule has 0 aliphatic heterocycles. The number of hydrogen-bond donors (Lipinski definition) is 2. The van der Waals surface area contributed by atoms with E-state index in [1.807, 2.05) is 24.3 Å². The molecular weight excluding hydrogens is 292 g/mol. The summed E-state index contributed by atoms with van der Waals surface area (Å²) in [6.45, 7) is 0. The average molecular weight is 306 g/mol. The fourth-order valence-corrected chi connectivity index (χ4v) is 2.41. The number of nitrogens with zero attached hydrogens (tertiary/aromatic N) is 1. The summed E-state index contributed by atoms with van der Waals surface area (Å²) in [7, 11) is 0. The van der Waals surface area contributed by atoms with Gasteiger partial charge < -0.3 is 10.4 Å². The Bertz CT molecular complexity index is 890. The van der Waals surface area contributed by atoms with Crippen LogP contribution in [0.2, 0.25) is 0 Å². The minimum absolute atomic E-state index is 0.00749. The fourth-order valence-electron chi connectivity index (χ4n) is 2.41. The molecule has 3 aromatic rings. The molecule has 0 radical (unpaired) electrons. The van der Waals surface area contributed by atoms with Crippen molar-refractivity contribution in [1.29, 1.82) is 0 Å². The number of aromatic carboxylic acids is 1. The number of amides is 1. The van der Waals surface area contributed by atoms with E-state index in [1.165, 1.54) is 6.07 Å². The minimum atomic E-state index is -1.04. The predicted molar refractivity (Wildman–Crippen MR) is 87.5 cm³/mol. The molecule has 1 heterocycles. The van der Waals surface area contributed by atoms with E-state index in [9.17, 15) is 9.59 Å². The predicted octanol–water partition coefficient (Wildman–Crippen LogP) is 3.11. The summed E-state index contributed by atoms with van der Waals surface area (Å²) in [5.74, 6) is -1.30. The molecule has 1 amide bonds. The molecule has 2 aromatic carbocycles. The third-order valence-corrected chi connectivity index (χ3v) is 3.49. The normalized spacial score (nSPS) is 10.4. The number of pyridine rings is 1. The van der Waals surface area contributed by atoms with Crippen molar-refractivity contribution >= 4 is 28.5 Å². The number of carboxylic acid groups (broad SMARTS) is 1. The van der Waals surface area contributed by atoms with Gasteiger partial charge >= 0.3 is 5.97 Å². The molecule has 5 nitrogen and oxygen atoms in total. The summed E-state index contributed by atoms with van der Waals surface area (Å²) < 4.78 is 0. The second-order valence-corrected chi connectivity index (χ2v) is 5.10. The largest absolute Gasteiger partial charge is 0.478 e. The molecule has 0 atom stereocenters. The first-order valence-corrected chi connectivity index (χ1v) is 7.09. The van der Waals surface area contributed by atoms with Crippen LogP contribution in [0.15, 0.2) is 60.8 Å². The minimum Gasteiger partial charge on any atom is -0.478 e. The van der Waals surface area contributed by atoms with Gasteiger partial charge in [-0.05, 0) is 35.9 Å². The molecule has 2 N–H and O–H groups in total. The van der Waals surface area contributed by atoms with Crippen LogP contribution in [0.5, 0.6) is 0 Å². The van der Waals surface area contributed by atoms with Gasteiger partial charge in [0.05, 0.1) is 17.5 Å². The highest BCUT2D eigenvalue weighted by molar-refractivity contribution is 5.97. The smallest absolute Gasteiger partial charge is 0.335 e. The number of benzene rings is 2. The Morgan fingerprint density at radius 1 is 1.04 bits per heavy atom. The van der Waals surface area contributed by atoms with Crippen LogP contribution in [0.25, 0.3) is 10.9 Å². The van der Waals surface area contributed by atoms with E-state index in [0.29, 0.717) is 11.3 Å². The lowest BCUT2D eigenvalue weighted by Crippen LogP contribution is -2.16. The molecule has 3 rings (SSSR count). The van der Waals surface area contributed by atoms with Crippen molar-refractivity contribution in [3.05, 3.63) is 71.9 Å². The van der Waals surface area contributed by atoms with Crippen LogP contribution in [0.4, 0.5) is 5.69 Å². The van der Waals surface area contributed by atoms with Crippen molar-refractivity contribution < 1.29 is 14.7 Å². The second-order valence-electron chi connectivity index (χ2n) is 5.10. The number of carboxylic acids is 1. The third kappa shape index (κ3) is 3.35. The lowest BCUT2D eigenvalue weighted by Gasteiger charge is -2.08. The van der Waals surface area contributed by atoms with Crippen LogP contribution in [0, 0.1) is 0 Å². The van der Waals surface area contributed by atoms with Crippen LogP contribution in [0.1, 0.15) is 15.9 Å². The highest BCUT2D eigenvalue weighted by Gasteiger charge is 2.12. The van der Waals surface area contributed by atoms with Gasteiger partial charge in [-0.15, -0.1) is 0 Å². The standard InChI is InChI=1S/C18H14N2O3/c21-17(11-12-4-1-2-6-15(12)18(22)23)20-14-7-8-16-13(10-14)5-3-9-19-16/h1-10H,11H2,(H,20,21)(H,22,23). The molecular formula is C18H14N2O3. The monoisotopic (exact) mass is 306 g/mol. The molecule has 5 heteroatoms. The quantitative estimate of drug-likeness (QED) is 0.776. The highest BCUT2D eigenvalue weighted by atomic mass is 16.4. The number of hydrogen-bond acceptors (Lipinski definition) is 3. The van der Waals surface area contributed by atoms with Crippen LogP contribution < -0.4 is 5.32 Å². The van der Waals surface area contributed by atoms with E-state index in [1.54, 1.807) is 30.5 Å². The molecule has 0 fully saturated rings. The molecule has 0 saturated carbocycles. The number of rotatable bonds is 4. The Morgan fingerprint density at radius 3 is 2.70 bits per heavy atom. The maximum Gasteiger partial charge on any atom is 0.335 e. The molecule has 0 saturated heterocycles. The zero-order valence-electron chi connectivity index (χ0n) is 12.2. The molecule has 114 valence electrons. The Balaban J connectivity index is 1.77. The lowest BCUT2D eigenvalue weighted by molar-refractivity contribution is -0.115. The van der Waals surface area contributed by atoms with Crippen molar-refractivity contribution in [1.82, 2.24) is 4.98 Å². The number of aromatic nitrogens is 1. The first-order valence-electron chi connectivity index (χ1n) is 7.09. The van der Waals surface area contributed by atoms with Crippen molar-refractivity contribution in [2.24, 2.45) is 0 Å². The van der Waals surface area contributed by atoms with E-state index < -0.39 is 5.97 Å². The van der Waals surface area contributed by atoms with E-state index in [4.69, 9.17) is 5.11 Å². The van der Waals surface area contributed by atoms with Crippen LogP contribution in [-0.2, 0) is 11.2 Å². The van der Waals surface area contributed by atoms with Crippen molar-refractivity contribution in [3.8, 4) is 0 Å². The summed E-state index contributed by atoms with van der Waals surface area (Å²) in [6.07, 6.45) is 1.72. The van der Waals surface area contributed by atoms with Crippen LogP contribution in [0.3, 0.4) is 0 Å². The summed E-state index contributed by atoms with van der Waals surface area (Å²) in [5.41, 5.74) is 2.13. The summed E-state index contributed by atoms with van der Waals surface area (Å²) in [6, 6.07) is 15.7. The van der Waals surface area contributed by atoms with E-state index in [0.717, 1.165) is 10.9 Å². The van der Waals surface area contributed by atoms with Gasteiger partial charge in [0.1, 0.15) is 0 Å². The number of fused-ring (bicyclic) bond motifs is 1. The van der Waals surface area contributed by atoms with Gasteiger partial charge in [-0.25, -0.2) is 4.79 Å². The van der Waals surface area contributed by atoms with Crippen LogP contribution >= 0.6 is 0 Å². The molecule has 1 aromatic heterocycles. The maximum absolute atomic E-state index is 12.2. The van der Waals surface area contributed by atoms with Gasteiger partial charge in [-0.3, -0.25) is 9.78 Å². The second kappa shape index (κ2) is 6.27. The molecule has 23 heavy (non-hydrogen) atoms. The Labute approximate surface area is 132 Å². The SMILES string of the molecule is O=C(Cc1ccccc1C(=O)O)Nc1ccc2ncccc2c1. The molecule has 0 bridgehead atoms. The summed E-state index contributed by atoms with van der Waals surface area (Å²) in [4.78, 5) is 27.6. The number of carbonyl (C=O) groups excluding carboxylic acids is 1. The van der Waals surface area contributed by atoms with Gasteiger partial charge in [0.15, 0.2) is 0 Å². The van der Waals surface area contributed by atoms with Crippen LogP contribution in [-0.4, -0.2) is 22.0 Å². The maximum atomic E-state index is 12.2. The first kappa shape index (κ1) is 14.7. The fraction of sp³-hybridized carbons (Fsp3) is 0.0556. The first-order chi connectivity index (χ1) is 11.1. The zero-order valence-corrected chi connectivity index (χ0v) is 12.2. The van der Waals surface area contributed by atoms with Crippen molar-refractivity contribution in [3.63, 3.8) is 0 Å². The number of carbonyl (C=O) groups is 2. The van der Waals surface area contributed by atoms with E-state index >= 15 is 0 Å².